The number of imide groups is 1. The van der Waals surface area contributed by atoms with Crippen molar-refractivity contribution < 1.29 is 23.9 Å². The second-order valence-electron chi connectivity index (χ2n) is 7.90. The Morgan fingerprint density at radius 3 is 2.39 bits per heavy atom. The van der Waals surface area contributed by atoms with E-state index in [0.29, 0.717) is 12.8 Å². The van der Waals surface area contributed by atoms with Crippen molar-refractivity contribution in [1.82, 2.24) is 15.2 Å². The van der Waals surface area contributed by atoms with E-state index in [1.165, 1.54) is 25.3 Å². The SMILES string of the molecule is COC(=O)C1(NC(=O)c2ccc3c(c2)C(=O)N(Cc2ccncc2)C3=O)CCCCC1. The van der Waals surface area contributed by atoms with Crippen LogP contribution in [0.25, 0.3) is 0 Å². The molecule has 1 aromatic heterocycles. The summed E-state index contributed by atoms with van der Waals surface area (Å²) in [5.74, 6) is -1.78. The molecule has 4 rings (SSSR count). The van der Waals surface area contributed by atoms with Crippen molar-refractivity contribution >= 4 is 23.7 Å². The predicted molar refractivity (Wildman–Crippen MR) is 110 cm³/mol. The van der Waals surface area contributed by atoms with Crippen LogP contribution in [-0.4, -0.2) is 46.2 Å². The average Bonchev–Trinajstić information content (AvgIpc) is 3.04. The molecular weight excluding hydrogens is 398 g/mol. The number of benzene rings is 1. The van der Waals surface area contributed by atoms with Crippen LogP contribution in [0.3, 0.4) is 0 Å². The second kappa shape index (κ2) is 8.29. The van der Waals surface area contributed by atoms with Crippen LogP contribution in [0.1, 0.15) is 68.7 Å². The van der Waals surface area contributed by atoms with Gasteiger partial charge in [0.15, 0.2) is 0 Å². The maximum absolute atomic E-state index is 13.0. The highest BCUT2D eigenvalue weighted by Gasteiger charge is 2.42. The Morgan fingerprint density at radius 1 is 1.03 bits per heavy atom. The van der Waals surface area contributed by atoms with Crippen LogP contribution in [-0.2, 0) is 16.1 Å². The van der Waals surface area contributed by atoms with E-state index in [1.54, 1.807) is 24.5 Å². The molecule has 0 saturated heterocycles. The van der Waals surface area contributed by atoms with Crippen LogP contribution < -0.4 is 5.32 Å². The summed E-state index contributed by atoms with van der Waals surface area (Å²) < 4.78 is 4.94. The average molecular weight is 421 g/mol. The highest BCUT2D eigenvalue weighted by atomic mass is 16.5. The molecule has 0 radical (unpaired) electrons. The van der Waals surface area contributed by atoms with Gasteiger partial charge in [-0.25, -0.2) is 4.79 Å². The maximum Gasteiger partial charge on any atom is 0.331 e. The number of pyridine rings is 1. The molecule has 1 fully saturated rings. The van der Waals surface area contributed by atoms with E-state index in [0.717, 1.165) is 29.7 Å². The first-order valence-electron chi connectivity index (χ1n) is 10.3. The molecule has 1 N–H and O–H groups in total. The van der Waals surface area contributed by atoms with Gasteiger partial charge in [-0.05, 0) is 48.7 Å². The van der Waals surface area contributed by atoms with Crippen molar-refractivity contribution in [2.75, 3.05) is 7.11 Å². The minimum atomic E-state index is -1.06. The van der Waals surface area contributed by atoms with Gasteiger partial charge in [-0.3, -0.25) is 24.3 Å². The molecule has 2 heterocycles. The van der Waals surface area contributed by atoms with Crippen molar-refractivity contribution in [2.45, 2.75) is 44.2 Å². The summed E-state index contributed by atoms with van der Waals surface area (Å²) in [4.78, 5) is 56.1. The van der Waals surface area contributed by atoms with Crippen LogP contribution in [0.5, 0.6) is 0 Å². The zero-order chi connectivity index (χ0) is 22.0. The number of hydrogen-bond acceptors (Lipinski definition) is 6. The molecule has 1 saturated carbocycles. The van der Waals surface area contributed by atoms with Gasteiger partial charge in [0.25, 0.3) is 17.7 Å². The number of carbonyl (C=O) groups excluding carboxylic acids is 4. The molecule has 160 valence electrons. The van der Waals surface area contributed by atoms with Gasteiger partial charge in [0.05, 0.1) is 24.8 Å². The molecule has 1 aliphatic carbocycles. The van der Waals surface area contributed by atoms with Crippen LogP contribution in [0, 0.1) is 0 Å². The number of nitrogens with one attached hydrogen (secondary N) is 1. The van der Waals surface area contributed by atoms with Crippen molar-refractivity contribution in [1.29, 1.82) is 0 Å². The van der Waals surface area contributed by atoms with E-state index >= 15 is 0 Å². The van der Waals surface area contributed by atoms with E-state index in [9.17, 15) is 19.2 Å². The number of nitrogens with zero attached hydrogens (tertiary/aromatic N) is 2. The number of ether oxygens (including phenoxy) is 1. The Labute approximate surface area is 179 Å². The zero-order valence-corrected chi connectivity index (χ0v) is 17.2. The third kappa shape index (κ3) is 3.81. The fourth-order valence-corrected chi connectivity index (χ4v) is 4.27. The molecule has 8 heteroatoms. The highest BCUT2D eigenvalue weighted by Crippen LogP contribution is 2.30. The second-order valence-corrected chi connectivity index (χ2v) is 7.90. The molecule has 2 aromatic rings. The maximum atomic E-state index is 13.0. The third-order valence-corrected chi connectivity index (χ3v) is 5.96. The Balaban J connectivity index is 1.56. The Hall–Kier alpha value is -3.55. The van der Waals surface area contributed by atoms with Gasteiger partial charge in [0, 0.05) is 18.0 Å². The number of methoxy groups -OCH3 is 1. The zero-order valence-electron chi connectivity index (χ0n) is 17.2. The smallest absolute Gasteiger partial charge is 0.331 e. The Morgan fingerprint density at radius 2 is 1.71 bits per heavy atom. The minimum absolute atomic E-state index is 0.127. The monoisotopic (exact) mass is 421 g/mol. The molecular formula is C23H23N3O5. The summed E-state index contributed by atoms with van der Waals surface area (Å²) in [6.45, 7) is 0.127. The largest absolute Gasteiger partial charge is 0.467 e. The van der Waals surface area contributed by atoms with Gasteiger partial charge in [-0.15, -0.1) is 0 Å². The summed E-state index contributed by atoms with van der Waals surface area (Å²) in [5, 5.41) is 2.84. The first-order chi connectivity index (χ1) is 14.9. The van der Waals surface area contributed by atoms with Crippen LogP contribution in [0.15, 0.2) is 42.7 Å². The highest BCUT2D eigenvalue weighted by molar-refractivity contribution is 6.22. The van der Waals surface area contributed by atoms with Gasteiger partial charge in [0.1, 0.15) is 5.54 Å². The van der Waals surface area contributed by atoms with Gasteiger partial charge >= 0.3 is 5.97 Å². The summed E-state index contributed by atoms with van der Waals surface area (Å²) >= 11 is 0. The lowest BCUT2D eigenvalue weighted by Crippen LogP contribution is -2.56. The van der Waals surface area contributed by atoms with Crippen molar-refractivity contribution in [3.63, 3.8) is 0 Å². The van der Waals surface area contributed by atoms with Gasteiger partial charge < -0.3 is 10.1 Å². The van der Waals surface area contributed by atoms with E-state index in [4.69, 9.17) is 4.74 Å². The molecule has 31 heavy (non-hydrogen) atoms. The summed E-state index contributed by atoms with van der Waals surface area (Å²) in [6, 6.07) is 7.88. The number of aromatic nitrogens is 1. The number of carbonyl (C=O) groups is 4. The van der Waals surface area contributed by atoms with E-state index in [1.807, 2.05) is 0 Å². The number of hydrogen-bond donors (Lipinski definition) is 1. The third-order valence-electron chi connectivity index (χ3n) is 5.96. The van der Waals surface area contributed by atoms with Crippen LogP contribution >= 0.6 is 0 Å². The number of fused-ring (bicyclic) bond motifs is 1. The Kier molecular flexibility index (Phi) is 5.54. The van der Waals surface area contributed by atoms with Crippen molar-refractivity contribution in [3.05, 3.63) is 65.0 Å². The topological polar surface area (TPSA) is 106 Å². The molecule has 0 bridgehead atoms. The molecule has 2 aliphatic rings. The van der Waals surface area contributed by atoms with Crippen molar-refractivity contribution in [2.24, 2.45) is 0 Å². The normalized spacial score (nSPS) is 17.3. The van der Waals surface area contributed by atoms with E-state index in [-0.39, 0.29) is 23.2 Å². The Bertz CT molecular complexity index is 1040. The number of amides is 3. The summed E-state index contributed by atoms with van der Waals surface area (Å²) in [6.07, 6.45) is 6.84. The van der Waals surface area contributed by atoms with Crippen molar-refractivity contribution in [3.8, 4) is 0 Å². The minimum Gasteiger partial charge on any atom is -0.467 e. The van der Waals surface area contributed by atoms with Crippen LogP contribution in [0.4, 0.5) is 0 Å². The lowest BCUT2D eigenvalue weighted by atomic mass is 9.81. The fourth-order valence-electron chi connectivity index (χ4n) is 4.27. The lowest BCUT2D eigenvalue weighted by Gasteiger charge is -2.35. The van der Waals surface area contributed by atoms with Gasteiger partial charge in [0.2, 0.25) is 0 Å². The molecule has 3 amide bonds. The molecule has 0 spiro atoms. The molecule has 1 aromatic carbocycles. The predicted octanol–water partition coefficient (Wildman–Crippen LogP) is 2.48. The standard InChI is InChI=1S/C23H23N3O5/c1-31-22(30)23(9-3-2-4-10-23)25-19(27)16-5-6-17-18(13-16)21(29)26(20(17)28)14-15-7-11-24-12-8-15/h5-8,11-13H,2-4,9-10,14H2,1H3,(H,25,27). The fraction of sp³-hybridized carbons (Fsp3) is 0.348. The van der Waals surface area contributed by atoms with E-state index < -0.39 is 29.2 Å². The lowest BCUT2D eigenvalue weighted by molar-refractivity contribution is -0.149. The summed E-state index contributed by atoms with van der Waals surface area (Å²) in [5.41, 5.74) is 0.383. The number of esters is 1. The molecule has 0 atom stereocenters. The quantitative estimate of drug-likeness (QED) is 0.587. The number of rotatable bonds is 5. The first-order valence-corrected chi connectivity index (χ1v) is 10.3. The molecule has 0 unspecified atom stereocenters. The van der Waals surface area contributed by atoms with Gasteiger partial charge in [-0.1, -0.05) is 19.3 Å². The van der Waals surface area contributed by atoms with Gasteiger partial charge in [-0.2, -0.15) is 0 Å². The van der Waals surface area contributed by atoms with Crippen LogP contribution in [0.2, 0.25) is 0 Å². The van der Waals surface area contributed by atoms with E-state index in [2.05, 4.69) is 10.3 Å². The summed E-state index contributed by atoms with van der Waals surface area (Å²) in [7, 11) is 1.31. The molecule has 8 nitrogen and oxygen atoms in total. The molecule has 1 aliphatic heterocycles. The first kappa shape index (κ1) is 20.7.